The molecule has 262 valence electrons. The van der Waals surface area contributed by atoms with E-state index in [1.54, 1.807) is 0 Å². The third-order valence-electron chi connectivity index (χ3n) is 9.92. The van der Waals surface area contributed by atoms with Gasteiger partial charge >= 0.3 is 0 Å². The smallest absolute Gasteiger partial charge is 0.0105 e. The summed E-state index contributed by atoms with van der Waals surface area (Å²) in [4.78, 5) is 0. The summed E-state index contributed by atoms with van der Waals surface area (Å²) in [5, 5.41) is 2.49. The van der Waals surface area contributed by atoms with Crippen molar-refractivity contribution in [2.75, 3.05) is 0 Å². The molecule has 0 aliphatic carbocycles. The molecule has 0 amide bonds. The lowest BCUT2D eigenvalue weighted by Crippen LogP contribution is -1.88. The summed E-state index contributed by atoms with van der Waals surface area (Å²) in [5.41, 5.74) is 15.6. The second-order valence-electron chi connectivity index (χ2n) is 13.9. The zero-order chi connectivity index (χ0) is 37.2. The quantitative estimate of drug-likeness (QED) is 0.124. The number of rotatable bonds is 10. The fraction of sp³-hybridized carbons (Fsp3) is 0.0182. The van der Waals surface area contributed by atoms with E-state index in [9.17, 15) is 0 Å². The molecule has 0 fully saturated rings. The van der Waals surface area contributed by atoms with Crippen molar-refractivity contribution in [2.45, 2.75) is 6.92 Å². The molecule has 8 aromatic rings. The molecule has 0 radical (unpaired) electrons. The zero-order valence-electron chi connectivity index (χ0n) is 31.0. The molecule has 0 saturated carbocycles. The van der Waals surface area contributed by atoms with Crippen LogP contribution in [0, 0.1) is 6.92 Å². The first kappa shape index (κ1) is 35.0. The lowest BCUT2D eigenvalue weighted by atomic mass is 9.95. The Bertz CT molecular complexity index is 2540. The van der Waals surface area contributed by atoms with Crippen molar-refractivity contribution in [3.63, 3.8) is 0 Å². The van der Waals surface area contributed by atoms with Crippen molar-refractivity contribution in [3.05, 3.63) is 261 Å². The van der Waals surface area contributed by atoms with Crippen LogP contribution in [-0.4, -0.2) is 0 Å². The Labute approximate surface area is 325 Å². The molecule has 0 bridgehead atoms. The van der Waals surface area contributed by atoms with Crippen molar-refractivity contribution in [3.8, 4) is 0 Å². The predicted octanol–water partition coefficient (Wildman–Crippen LogP) is 14.7. The SMILES string of the molecule is Cc1ccc2cc(/C=C\c3ccc(C=C(c4ccccc4)c4ccccc4)cc3)cc(/C=C\c3ccc(C=C(c4ccccc4)c4ccccc4)cc3)c2c1. The van der Waals surface area contributed by atoms with Gasteiger partial charge < -0.3 is 0 Å². The third kappa shape index (κ3) is 8.79. The zero-order valence-corrected chi connectivity index (χ0v) is 31.0. The second-order valence-corrected chi connectivity index (χ2v) is 13.9. The minimum absolute atomic E-state index is 1.16. The van der Waals surface area contributed by atoms with Gasteiger partial charge in [-0.05, 0) is 109 Å². The lowest BCUT2D eigenvalue weighted by molar-refractivity contribution is 1.50. The Hall–Kier alpha value is -7.02. The van der Waals surface area contributed by atoms with E-state index >= 15 is 0 Å². The highest BCUT2D eigenvalue weighted by Gasteiger charge is 2.07. The normalized spacial score (nSPS) is 11.2. The molecule has 8 aromatic carbocycles. The first-order chi connectivity index (χ1) is 27.1. The van der Waals surface area contributed by atoms with Crippen LogP contribution >= 0.6 is 0 Å². The van der Waals surface area contributed by atoms with Crippen LogP contribution in [0.2, 0.25) is 0 Å². The molecule has 0 saturated heterocycles. The fourth-order valence-electron chi connectivity index (χ4n) is 7.01. The maximum Gasteiger partial charge on any atom is -0.0105 e. The van der Waals surface area contributed by atoms with Crippen LogP contribution in [0.4, 0.5) is 0 Å². The lowest BCUT2D eigenvalue weighted by Gasteiger charge is -2.09. The van der Waals surface area contributed by atoms with Gasteiger partial charge in [-0.2, -0.15) is 0 Å². The highest BCUT2D eigenvalue weighted by molar-refractivity contribution is 5.96. The number of benzene rings is 8. The van der Waals surface area contributed by atoms with Crippen molar-refractivity contribution >= 4 is 58.4 Å². The number of hydrogen-bond donors (Lipinski definition) is 0. The minimum atomic E-state index is 1.16. The summed E-state index contributed by atoms with van der Waals surface area (Å²) in [6.45, 7) is 2.16. The average Bonchev–Trinajstić information content (AvgIpc) is 3.25. The Balaban J connectivity index is 1.04. The Morgan fingerprint density at radius 1 is 0.327 bits per heavy atom. The van der Waals surface area contributed by atoms with Crippen LogP contribution in [0.25, 0.3) is 58.4 Å². The first-order valence-corrected chi connectivity index (χ1v) is 18.9. The molecule has 0 heteroatoms. The van der Waals surface area contributed by atoms with Gasteiger partial charge in [-0.15, -0.1) is 0 Å². The fourth-order valence-corrected chi connectivity index (χ4v) is 7.01. The molecule has 0 aliphatic heterocycles. The van der Waals surface area contributed by atoms with E-state index in [-0.39, 0.29) is 0 Å². The van der Waals surface area contributed by atoms with E-state index in [0.717, 1.165) is 11.1 Å². The monoisotopic (exact) mass is 702 g/mol. The molecule has 0 atom stereocenters. The molecular weight excluding hydrogens is 661 g/mol. The largest absolute Gasteiger partial charge is 0.0622 e. The maximum atomic E-state index is 2.29. The van der Waals surface area contributed by atoms with Crippen LogP contribution in [-0.2, 0) is 0 Å². The molecule has 0 N–H and O–H groups in total. The van der Waals surface area contributed by atoms with Crippen molar-refractivity contribution in [1.29, 1.82) is 0 Å². The average molecular weight is 703 g/mol. The summed E-state index contributed by atoms with van der Waals surface area (Å²) in [6, 6.07) is 71.3. The summed E-state index contributed by atoms with van der Waals surface area (Å²) < 4.78 is 0. The topological polar surface area (TPSA) is 0 Å². The Morgan fingerprint density at radius 3 is 1.15 bits per heavy atom. The van der Waals surface area contributed by atoms with Crippen LogP contribution in [0.3, 0.4) is 0 Å². The van der Waals surface area contributed by atoms with Crippen molar-refractivity contribution < 1.29 is 0 Å². The van der Waals surface area contributed by atoms with Crippen molar-refractivity contribution in [2.24, 2.45) is 0 Å². The Morgan fingerprint density at radius 2 is 0.709 bits per heavy atom. The van der Waals surface area contributed by atoms with Gasteiger partial charge in [-0.1, -0.05) is 218 Å². The van der Waals surface area contributed by atoms with Gasteiger partial charge in [0.05, 0.1) is 0 Å². The summed E-state index contributed by atoms with van der Waals surface area (Å²) in [5.74, 6) is 0. The van der Waals surface area contributed by atoms with Crippen LogP contribution < -0.4 is 0 Å². The molecule has 0 aromatic heterocycles. The third-order valence-corrected chi connectivity index (χ3v) is 9.92. The van der Waals surface area contributed by atoms with Crippen molar-refractivity contribution in [1.82, 2.24) is 0 Å². The molecule has 8 rings (SSSR count). The number of aryl methyl sites for hydroxylation is 1. The summed E-state index contributed by atoms with van der Waals surface area (Å²) in [6.07, 6.45) is 13.5. The van der Waals surface area contributed by atoms with Gasteiger partial charge in [-0.25, -0.2) is 0 Å². The molecule has 0 aliphatic rings. The van der Waals surface area contributed by atoms with E-state index in [2.05, 4.69) is 244 Å². The van der Waals surface area contributed by atoms with E-state index in [1.165, 1.54) is 72.0 Å². The molecule has 0 heterocycles. The van der Waals surface area contributed by atoms with Gasteiger partial charge in [0, 0.05) is 0 Å². The number of fused-ring (bicyclic) bond motifs is 1. The Kier molecular flexibility index (Phi) is 10.7. The molecule has 0 nitrogen and oxygen atoms in total. The highest BCUT2D eigenvalue weighted by atomic mass is 14.1. The van der Waals surface area contributed by atoms with Crippen LogP contribution in [0.1, 0.15) is 61.2 Å². The standard InChI is InChI=1S/C55H42/c1-41-22-34-51-37-46(32-27-42-23-28-44(29-24-42)39-54(47-14-6-2-7-15-47)48-16-8-3-9-17-48)38-52(53(51)36-41)35-33-43-25-30-45(31-26-43)40-55(49-18-10-4-11-19-49)50-20-12-5-13-21-50/h2-40H,1H3/b32-27-,35-33-. The van der Waals surface area contributed by atoms with E-state index in [0.29, 0.717) is 0 Å². The minimum Gasteiger partial charge on any atom is -0.0622 e. The van der Waals surface area contributed by atoms with E-state index in [1.807, 2.05) is 0 Å². The molecule has 55 heavy (non-hydrogen) atoms. The van der Waals surface area contributed by atoms with Crippen LogP contribution in [0.5, 0.6) is 0 Å². The molecular formula is C55H42. The van der Waals surface area contributed by atoms with Gasteiger partial charge in [0.15, 0.2) is 0 Å². The molecule has 0 spiro atoms. The first-order valence-electron chi connectivity index (χ1n) is 18.9. The van der Waals surface area contributed by atoms with Gasteiger partial charge in [0.25, 0.3) is 0 Å². The highest BCUT2D eigenvalue weighted by Crippen LogP contribution is 2.29. The van der Waals surface area contributed by atoms with E-state index in [4.69, 9.17) is 0 Å². The second kappa shape index (κ2) is 16.8. The summed E-state index contributed by atoms with van der Waals surface area (Å²) in [7, 11) is 0. The maximum absolute atomic E-state index is 2.29. The molecule has 0 unspecified atom stereocenters. The van der Waals surface area contributed by atoms with Gasteiger partial charge in [0.1, 0.15) is 0 Å². The van der Waals surface area contributed by atoms with E-state index < -0.39 is 0 Å². The van der Waals surface area contributed by atoms with Crippen LogP contribution in [0.15, 0.2) is 200 Å². The number of hydrogen-bond acceptors (Lipinski definition) is 0. The van der Waals surface area contributed by atoms with Gasteiger partial charge in [-0.3, -0.25) is 0 Å². The van der Waals surface area contributed by atoms with Gasteiger partial charge in [0.2, 0.25) is 0 Å². The predicted molar refractivity (Wildman–Crippen MR) is 239 cm³/mol. The summed E-state index contributed by atoms with van der Waals surface area (Å²) >= 11 is 0.